The van der Waals surface area contributed by atoms with Gasteiger partial charge in [0.15, 0.2) is 0 Å². The van der Waals surface area contributed by atoms with Crippen molar-refractivity contribution in [3.8, 4) is 5.75 Å². The van der Waals surface area contributed by atoms with Crippen LogP contribution in [0.2, 0.25) is 5.02 Å². The molecule has 0 aliphatic rings. The van der Waals surface area contributed by atoms with Crippen LogP contribution < -0.4 is 14.4 Å². The molecule has 0 saturated carbocycles. The molecule has 0 aliphatic carbocycles. The highest BCUT2D eigenvalue weighted by Gasteiger charge is 2.31. The molecule has 0 radical (unpaired) electrons. The quantitative estimate of drug-likeness (QED) is 0.485. The van der Waals surface area contributed by atoms with Gasteiger partial charge in [-0.15, -0.1) is 0 Å². The maximum absolute atomic E-state index is 13.6. The first-order valence-electron chi connectivity index (χ1n) is 11.3. The Morgan fingerprint density at radius 3 is 2.34 bits per heavy atom. The van der Waals surface area contributed by atoms with Crippen molar-refractivity contribution < 1.29 is 22.7 Å². The third-order valence-electron chi connectivity index (χ3n) is 5.43. The predicted molar refractivity (Wildman–Crippen MR) is 139 cm³/mol. The normalized spacial score (nSPS) is 12.2. The molecule has 0 aliphatic heterocycles. The summed E-state index contributed by atoms with van der Waals surface area (Å²) >= 11 is 6.33. The van der Waals surface area contributed by atoms with E-state index in [0.717, 1.165) is 16.1 Å². The summed E-state index contributed by atoms with van der Waals surface area (Å²) in [7, 11) is -2.43. The van der Waals surface area contributed by atoms with Crippen molar-refractivity contribution in [1.82, 2.24) is 10.2 Å². The lowest BCUT2D eigenvalue weighted by atomic mass is 10.1. The number of carbonyl (C=O) groups excluding carboxylic acids is 2. The number of carbonyl (C=O) groups is 2. The highest BCUT2D eigenvalue weighted by atomic mass is 35.5. The van der Waals surface area contributed by atoms with Crippen LogP contribution in [-0.4, -0.2) is 57.6 Å². The lowest BCUT2D eigenvalue weighted by Crippen LogP contribution is -2.51. The van der Waals surface area contributed by atoms with Crippen molar-refractivity contribution in [2.24, 2.45) is 5.92 Å². The van der Waals surface area contributed by atoms with Crippen molar-refractivity contribution in [3.63, 3.8) is 0 Å². The molecule has 0 aromatic heterocycles. The number of rotatable bonds is 11. The zero-order valence-corrected chi connectivity index (χ0v) is 22.6. The lowest BCUT2D eigenvalue weighted by molar-refractivity contribution is -0.139. The standard InChI is InChI=1S/C25H34ClN3O5S/c1-17(2)14-27-25(31)19(4)28(15-20-9-7-8-10-21(20)26)24(30)16-29(35(6,32)33)22-13-18(3)11-12-23(22)34-5/h7-13,17,19H,14-16H2,1-6H3,(H,27,31)/t19-/m0/s1. The number of hydrogen-bond donors (Lipinski definition) is 1. The van der Waals surface area contributed by atoms with Gasteiger partial charge in [0, 0.05) is 18.1 Å². The van der Waals surface area contributed by atoms with E-state index in [4.69, 9.17) is 16.3 Å². The fourth-order valence-corrected chi connectivity index (χ4v) is 4.48. The van der Waals surface area contributed by atoms with E-state index in [1.54, 1.807) is 49.4 Å². The molecular weight excluding hydrogens is 490 g/mol. The van der Waals surface area contributed by atoms with Gasteiger partial charge < -0.3 is 15.0 Å². The smallest absolute Gasteiger partial charge is 0.244 e. The van der Waals surface area contributed by atoms with E-state index < -0.39 is 28.5 Å². The number of sulfonamides is 1. The second-order valence-electron chi connectivity index (χ2n) is 8.87. The van der Waals surface area contributed by atoms with Gasteiger partial charge in [0.2, 0.25) is 21.8 Å². The number of methoxy groups -OCH3 is 1. The van der Waals surface area contributed by atoms with Crippen LogP contribution in [0.3, 0.4) is 0 Å². The monoisotopic (exact) mass is 523 g/mol. The second kappa shape index (κ2) is 12.3. The van der Waals surface area contributed by atoms with Crippen molar-refractivity contribution in [2.45, 2.75) is 40.3 Å². The van der Waals surface area contributed by atoms with E-state index in [-0.39, 0.29) is 24.1 Å². The summed E-state index contributed by atoms with van der Waals surface area (Å²) in [5.74, 6) is -0.341. The van der Waals surface area contributed by atoms with Crippen molar-refractivity contribution >= 4 is 39.1 Å². The van der Waals surface area contributed by atoms with Gasteiger partial charge in [-0.3, -0.25) is 13.9 Å². The lowest BCUT2D eigenvalue weighted by Gasteiger charge is -2.32. The molecule has 1 N–H and O–H groups in total. The van der Waals surface area contributed by atoms with Crippen molar-refractivity contribution in [2.75, 3.05) is 30.8 Å². The van der Waals surface area contributed by atoms with E-state index in [1.165, 1.54) is 12.0 Å². The maximum Gasteiger partial charge on any atom is 0.244 e. The molecule has 1 atom stereocenters. The molecule has 2 rings (SSSR count). The largest absolute Gasteiger partial charge is 0.495 e. The van der Waals surface area contributed by atoms with E-state index in [9.17, 15) is 18.0 Å². The third kappa shape index (κ3) is 7.86. The fraction of sp³-hybridized carbons (Fsp3) is 0.440. The van der Waals surface area contributed by atoms with Gasteiger partial charge in [0.05, 0.1) is 19.1 Å². The van der Waals surface area contributed by atoms with Crippen molar-refractivity contribution in [3.05, 3.63) is 58.6 Å². The Balaban J connectivity index is 2.45. The molecule has 0 bridgehead atoms. The summed E-state index contributed by atoms with van der Waals surface area (Å²) < 4.78 is 31.9. The Labute approximate surface area is 213 Å². The minimum absolute atomic E-state index is 0.0390. The van der Waals surface area contributed by atoms with Crippen LogP contribution in [-0.2, 0) is 26.2 Å². The van der Waals surface area contributed by atoms with Crippen LogP contribution in [0.4, 0.5) is 5.69 Å². The molecule has 0 spiro atoms. The van der Waals surface area contributed by atoms with Gasteiger partial charge in [-0.1, -0.05) is 49.7 Å². The van der Waals surface area contributed by atoms with Crippen LogP contribution in [0.5, 0.6) is 5.75 Å². The number of anilines is 1. The zero-order chi connectivity index (χ0) is 26.3. The summed E-state index contributed by atoms with van der Waals surface area (Å²) in [5.41, 5.74) is 1.69. The average molecular weight is 524 g/mol. The molecule has 2 aromatic carbocycles. The van der Waals surface area contributed by atoms with E-state index >= 15 is 0 Å². The number of nitrogens with zero attached hydrogens (tertiary/aromatic N) is 2. The number of ether oxygens (including phenoxy) is 1. The average Bonchev–Trinajstić information content (AvgIpc) is 2.79. The number of benzene rings is 2. The number of amides is 2. The van der Waals surface area contributed by atoms with E-state index in [0.29, 0.717) is 22.9 Å². The molecular formula is C25H34ClN3O5S. The number of nitrogens with one attached hydrogen (secondary N) is 1. The maximum atomic E-state index is 13.6. The summed E-state index contributed by atoms with van der Waals surface area (Å²) in [5, 5.41) is 3.29. The van der Waals surface area contributed by atoms with Gasteiger partial charge in [-0.05, 0) is 49.1 Å². The Morgan fingerprint density at radius 1 is 1.11 bits per heavy atom. The Hall–Kier alpha value is -2.78. The second-order valence-corrected chi connectivity index (χ2v) is 11.2. The molecule has 35 heavy (non-hydrogen) atoms. The first-order valence-corrected chi connectivity index (χ1v) is 13.5. The Kier molecular flexibility index (Phi) is 9.97. The Bertz CT molecular complexity index is 1150. The van der Waals surface area contributed by atoms with Gasteiger partial charge >= 0.3 is 0 Å². The summed E-state index contributed by atoms with van der Waals surface area (Å²) in [6.07, 6.45) is 1.03. The molecule has 0 heterocycles. The van der Waals surface area contributed by atoms with Crippen LogP contribution >= 0.6 is 11.6 Å². The number of halogens is 1. The minimum atomic E-state index is -3.87. The van der Waals surface area contributed by atoms with E-state index in [1.807, 2.05) is 20.8 Å². The summed E-state index contributed by atoms with van der Waals surface area (Å²) in [4.78, 5) is 27.8. The summed E-state index contributed by atoms with van der Waals surface area (Å²) in [6.45, 7) is 7.35. The minimum Gasteiger partial charge on any atom is -0.495 e. The number of aryl methyl sites for hydroxylation is 1. The molecule has 0 saturated heterocycles. The third-order valence-corrected chi connectivity index (χ3v) is 6.93. The molecule has 10 heteroatoms. The van der Waals surface area contributed by atoms with Gasteiger partial charge in [-0.2, -0.15) is 0 Å². The highest BCUT2D eigenvalue weighted by molar-refractivity contribution is 7.92. The molecule has 2 amide bonds. The molecule has 192 valence electrons. The number of hydrogen-bond acceptors (Lipinski definition) is 5. The topological polar surface area (TPSA) is 96.0 Å². The van der Waals surface area contributed by atoms with Gasteiger partial charge in [-0.25, -0.2) is 8.42 Å². The molecule has 0 unspecified atom stereocenters. The SMILES string of the molecule is COc1ccc(C)cc1N(CC(=O)N(Cc1ccccc1Cl)[C@@H](C)C(=O)NCC(C)C)S(C)(=O)=O. The van der Waals surface area contributed by atoms with Crippen molar-refractivity contribution in [1.29, 1.82) is 0 Å². The Morgan fingerprint density at radius 2 is 1.77 bits per heavy atom. The van der Waals surface area contributed by atoms with Crippen LogP contribution in [0, 0.1) is 12.8 Å². The molecule has 0 fully saturated rings. The van der Waals surface area contributed by atoms with E-state index in [2.05, 4.69) is 5.32 Å². The summed E-state index contributed by atoms with van der Waals surface area (Å²) in [6, 6.07) is 11.2. The van der Waals surface area contributed by atoms with Crippen LogP contribution in [0.15, 0.2) is 42.5 Å². The van der Waals surface area contributed by atoms with Gasteiger partial charge in [0.25, 0.3) is 0 Å². The fourth-order valence-electron chi connectivity index (χ4n) is 3.43. The first-order chi connectivity index (χ1) is 16.3. The molecule has 2 aromatic rings. The molecule has 8 nitrogen and oxygen atoms in total. The first kappa shape index (κ1) is 28.5. The van der Waals surface area contributed by atoms with Crippen LogP contribution in [0.1, 0.15) is 31.9 Å². The van der Waals surface area contributed by atoms with Gasteiger partial charge in [0.1, 0.15) is 18.3 Å². The predicted octanol–water partition coefficient (Wildman–Crippen LogP) is 3.61. The highest BCUT2D eigenvalue weighted by Crippen LogP contribution is 2.31. The zero-order valence-electron chi connectivity index (χ0n) is 21.0. The van der Waals surface area contributed by atoms with Crippen LogP contribution in [0.25, 0.3) is 0 Å².